The number of allylic oxidation sites excluding steroid dienone is 8. The van der Waals surface area contributed by atoms with Gasteiger partial charge in [0.25, 0.3) is 0 Å². The van der Waals surface area contributed by atoms with Gasteiger partial charge in [-0.25, -0.2) is 0 Å². The molecule has 24 heavy (non-hydrogen) atoms. The maximum Gasteiger partial charge on any atom is 0.305 e. The fourth-order valence-electron chi connectivity index (χ4n) is 2.60. The third-order valence-electron chi connectivity index (χ3n) is 4.10. The number of hydrogen-bond acceptors (Lipinski definition) is 3. The van der Waals surface area contributed by atoms with Gasteiger partial charge in [0.2, 0.25) is 0 Å². The van der Waals surface area contributed by atoms with E-state index in [1.54, 1.807) is 6.08 Å². The van der Waals surface area contributed by atoms with E-state index in [9.17, 15) is 9.59 Å². The molecule has 0 aromatic heterocycles. The Morgan fingerprint density at radius 1 is 1.12 bits per heavy atom. The van der Waals surface area contributed by atoms with E-state index in [-0.39, 0.29) is 17.7 Å². The molecule has 0 aliphatic heterocycles. The molecule has 0 bridgehead atoms. The Balaban J connectivity index is 2.36. The van der Waals surface area contributed by atoms with Crippen LogP contribution in [0.5, 0.6) is 0 Å². The summed E-state index contributed by atoms with van der Waals surface area (Å²) in [5.41, 5.74) is 1.09. The van der Waals surface area contributed by atoms with Gasteiger partial charge in [-0.15, -0.1) is 0 Å². The highest BCUT2D eigenvalue weighted by Crippen LogP contribution is 2.25. The molecule has 0 spiro atoms. The summed E-state index contributed by atoms with van der Waals surface area (Å²) in [5.74, 6) is -0.0449. The van der Waals surface area contributed by atoms with E-state index in [0.29, 0.717) is 6.42 Å². The van der Waals surface area contributed by atoms with Crippen LogP contribution in [0.3, 0.4) is 0 Å². The van der Waals surface area contributed by atoms with Crippen molar-refractivity contribution in [2.75, 3.05) is 7.11 Å². The summed E-state index contributed by atoms with van der Waals surface area (Å²) in [4.78, 5) is 23.0. The average Bonchev–Trinajstić information content (AvgIpc) is 2.94. The van der Waals surface area contributed by atoms with Crippen molar-refractivity contribution < 1.29 is 14.3 Å². The van der Waals surface area contributed by atoms with Gasteiger partial charge in [0.15, 0.2) is 5.78 Å². The van der Waals surface area contributed by atoms with Gasteiger partial charge >= 0.3 is 5.97 Å². The van der Waals surface area contributed by atoms with Crippen molar-refractivity contribution in [3.05, 3.63) is 48.1 Å². The van der Waals surface area contributed by atoms with Crippen molar-refractivity contribution in [3.63, 3.8) is 0 Å². The van der Waals surface area contributed by atoms with Gasteiger partial charge in [0.05, 0.1) is 13.0 Å². The van der Waals surface area contributed by atoms with E-state index in [0.717, 1.165) is 31.3 Å². The maximum atomic E-state index is 12.0. The largest absolute Gasteiger partial charge is 0.469 e. The van der Waals surface area contributed by atoms with Gasteiger partial charge < -0.3 is 4.74 Å². The zero-order valence-corrected chi connectivity index (χ0v) is 15.0. The monoisotopic (exact) mass is 330 g/mol. The van der Waals surface area contributed by atoms with E-state index in [1.165, 1.54) is 26.4 Å². The molecule has 1 aliphatic carbocycles. The molecule has 1 atom stereocenters. The Morgan fingerprint density at radius 3 is 2.67 bits per heavy atom. The van der Waals surface area contributed by atoms with Crippen LogP contribution in [0.15, 0.2) is 48.1 Å². The molecule has 132 valence electrons. The van der Waals surface area contributed by atoms with Crippen molar-refractivity contribution in [2.24, 2.45) is 5.92 Å². The second kappa shape index (κ2) is 12.5. The van der Waals surface area contributed by atoms with Crippen molar-refractivity contribution >= 4 is 11.8 Å². The number of ether oxygens (including phenoxy) is 1. The minimum Gasteiger partial charge on any atom is -0.469 e. The second-order valence-electron chi connectivity index (χ2n) is 6.05. The fourth-order valence-corrected chi connectivity index (χ4v) is 2.60. The SMILES string of the molecule is CCCCCC=CC=C1C=CC(=O)[C@H]1CC=CCCCC(=O)OC. The first-order valence-electron chi connectivity index (χ1n) is 8.99. The first-order valence-corrected chi connectivity index (χ1v) is 8.99. The highest BCUT2D eigenvalue weighted by atomic mass is 16.5. The molecule has 0 saturated heterocycles. The summed E-state index contributed by atoms with van der Waals surface area (Å²) in [6, 6.07) is 0. The van der Waals surface area contributed by atoms with Crippen LogP contribution in [-0.4, -0.2) is 18.9 Å². The normalized spacial score (nSPS) is 19.2. The van der Waals surface area contributed by atoms with E-state index in [2.05, 4.69) is 29.9 Å². The summed E-state index contributed by atoms with van der Waals surface area (Å²) in [6.45, 7) is 2.20. The zero-order chi connectivity index (χ0) is 17.6. The quantitative estimate of drug-likeness (QED) is 0.301. The second-order valence-corrected chi connectivity index (χ2v) is 6.05. The van der Waals surface area contributed by atoms with E-state index in [1.807, 2.05) is 18.2 Å². The topological polar surface area (TPSA) is 43.4 Å². The average molecular weight is 330 g/mol. The Morgan fingerprint density at radius 2 is 1.92 bits per heavy atom. The molecule has 0 N–H and O–H groups in total. The van der Waals surface area contributed by atoms with Crippen LogP contribution in [0, 0.1) is 5.92 Å². The van der Waals surface area contributed by atoms with E-state index >= 15 is 0 Å². The molecule has 3 heteroatoms. The Hall–Kier alpha value is -1.90. The van der Waals surface area contributed by atoms with Crippen LogP contribution in [0.25, 0.3) is 0 Å². The van der Waals surface area contributed by atoms with Crippen molar-refractivity contribution in [1.29, 1.82) is 0 Å². The minimum absolute atomic E-state index is 0.0536. The summed E-state index contributed by atoms with van der Waals surface area (Å²) in [6.07, 6.45) is 21.6. The highest BCUT2D eigenvalue weighted by molar-refractivity contribution is 5.98. The molecule has 0 unspecified atom stereocenters. The molecule has 3 nitrogen and oxygen atoms in total. The zero-order valence-electron chi connectivity index (χ0n) is 15.0. The lowest BCUT2D eigenvalue weighted by atomic mass is 9.96. The standard InChI is InChI=1S/C21H30O3/c1-3-4-5-6-7-10-13-18-16-17-20(22)19(18)14-11-8-9-12-15-21(23)24-2/h7-8,10-11,13,16-17,19H,3-6,9,12,14-15H2,1-2H3/t19-/m0/s1. The summed E-state index contributed by atoms with van der Waals surface area (Å²) in [5, 5.41) is 0. The number of unbranched alkanes of at least 4 members (excludes halogenated alkanes) is 4. The fraction of sp³-hybridized carbons (Fsp3) is 0.524. The molecule has 0 heterocycles. The van der Waals surface area contributed by atoms with Crippen molar-refractivity contribution in [2.45, 2.75) is 58.3 Å². The van der Waals surface area contributed by atoms with Gasteiger partial charge in [-0.2, -0.15) is 0 Å². The lowest BCUT2D eigenvalue weighted by Gasteiger charge is -2.07. The number of ketones is 1. The number of methoxy groups -OCH3 is 1. The molecule has 1 aliphatic rings. The predicted octanol–water partition coefficient (Wildman–Crippen LogP) is 5.09. The van der Waals surface area contributed by atoms with E-state index in [4.69, 9.17) is 0 Å². The number of carbonyl (C=O) groups is 2. The highest BCUT2D eigenvalue weighted by Gasteiger charge is 2.22. The predicted molar refractivity (Wildman–Crippen MR) is 98.6 cm³/mol. The van der Waals surface area contributed by atoms with Gasteiger partial charge in [0, 0.05) is 6.42 Å². The molecule has 0 saturated carbocycles. The number of carbonyl (C=O) groups excluding carboxylic acids is 2. The van der Waals surface area contributed by atoms with Crippen molar-refractivity contribution in [1.82, 2.24) is 0 Å². The van der Waals surface area contributed by atoms with Crippen LogP contribution in [0.2, 0.25) is 0 Å². The van der Waals surface area contributed by atoms with Gasteiger partial charge in [-0.1, -0.05) is 56.2 Å². The van der Waals surface area contributed by atoms with Crippen LogP contribution in [0.1, 0.15) is 58.3 Å². The molecule has 1 rings (SSSR count). The number of esters is 1. The smallest absolute Gasteiger partial charge is 0.305 e. The molecule has 0 aromatic carbocycles. The first-order chi connectivity index (χ1) is 11.7. The molecule has 0 aromatic rings. The number of rotatable bonds is 11. The van der Waals surface area contributed by atoms with Crippen LogP contribution < -0.4 is 0 Å². The molecular weight excluding hydrogens is 300 g/mol. The van der Waals surface area contributed by atoms with Gasteiger partial charge in [-0.05, 0) is 43.8 Å². The Bertz CT molecular complexity index is 509. The Kier molecular flexibility index (Phi) is 10.5. The molecule has 0 radical (unpaired) electrons. The molecule has 0 fully saturated rings. The summed E-state index contributed by atoms with van der Waals surface area (Å²) in [7, 11) is 1.41. The van der Waals surface area contributed by atoms with E-state index < -0.39 is 0 Å². The van der Waals surface area contributed by atoms with Crippen molar-refractivity contribution in [3.8, 4) is 0 Å². The first kappa shape index (κ1) is 20.1. The Labute approximate surface area is 146 Å². The van der Waals surface area contributed by atoms with Gasteiger partial charge in [0.1, 0.15) is 0 Å². The molecular formula is C21H30O3. The van der Waals surface area contributed by atoms with Crippen LogP contribution >= 0.6 is 0 Å². The van der Waals surface area contributed by atoms with Gasteiger partial charge in [-0.3, -0.25) is 9.59 Å². The third-order valence-corrected chi connectivity index (χ3v) is 4.10. The lowest BCUT2D eigenvalue weighted by Crippen LogP contribution is -2.07. The number of hydrogen-bond donors (Lipinski definition) is 0. The third kappa shape index (κ3) is 8.09. The maximum absolute atomic E-state index is 12.0. The molecule has 0 amide bonds. The lowest BCUT2D eigenvalue weighted by molar-refractivity contribution is -0.140. The minimum atomic E-state index is -0.172. The summed E-state index contributed by atoms with van der Waals surface area (Å²) < 4.78 is 4.60. The van der Waals surface area contributed by atoms with Crippen LogP contribution in [0.4, 0.5) is 0 Å². The summed E-state index contributed by atoms with van der Waals surface area (Å²) >= 11 is 0. The van der Waals surface area contributed by atoms with Crippen LogP contribution in [-0.2, 0) is 14.3 Å².